The smallest absolute Gasteiger partial charge is 0.241 e. The molecule has 1 N–H and O–H groups in total. The molecule has 1 aromatic carbocycles. The van der Waals surface area contributed by atoms with Crippen LogP contribution in [0, 0.1) is 5.92 Å². The first kappa shape index (κ1) is 16.9. The maximum Gasteiger partial charge on any atom is 0.241 e. The lowest BCUT2D eigenvalue weighted by Crippen LogP contribution is -2.40. The van der Waals surface area contributed by atoms with Crippen LogP contribution in [0.15, 0.2) is 28.8 Å². The number of amides is 1. The first-order valence-electron chi connectivity index (χ1n) is 8.15. The Morgan fingerprint density at radius 2 is 2.21 bits per heavy atom. The standard InChI is InChI=1S/C17H21ClN4O2/c1-12(23)19-9-13-3-2-8-22(10-13)11-16-20-17(21-24-16)14-4-6-15(18)7-5-14/h4-7,13H,2-3,8-11H2,1H3,(H,19,23). The highest BCUT2D eigenvalue weighted by molar-refractivity contribution is 6.30. The quantitative estimate of drug-likeness (QED) is 0.899. The van der Waals surface area contributed by atoms with Gasteiger partial charge < -0.3 is 9.84 Å². The lowest BCUT2D eigenvalue weighted by Gasteiger charge is -2.31. The summed E-state index contributed by atoms with van der Waals surface area (Å²) in [5.41, 5.74) is 0.886. The molecule has 128 valence electrons. The zero-order valence-electron chi connectivity index (χ0n) is 13.7. The van der Waals surface area contributed by atoms with E-state index in [9.17, 15) is 4.79 Å². The van der Waals surface area contributed by atoms with E-state index in [1.807, 2.05) is 24.3 Å². The molecule has 6 nitrogen and oxygen atoms in total. The zero-order chi connectivity index (χ0) is 16.9. The van der Waals surface area contributed by atoms with Crippen LogP contribution >= 0.6 is 11.6 Å². The Morgan fingerprint density at radius 1 is 1.42 bits per heavy atom. The number of halogens is 1. The summed E-state index contributed by atoms with van der Waals surface area (Å²) >= 11 is 5.89. The second-order valence-electron chi connectivity index (χ2n) is 6.20. The fourth-order valence-electron chi connectivity index (χ4n) is 2.98. The number of benzene rings is 1. The number of carbonyl (C=O) groups is 1. The molecule has 1 atom stereocenters. The number of hydrogen-bond donors (Lipinski definition) is 1. The van der Waals surface area contributed by atoms with Crippen molar-refractivity contribution in [1.29, 1.82) is 0 Å². The SMILES string of the molecule is CC(=O)NCC1CCCN(Cc2nc(-c3ccc(Cl)cc3)no2)C1. The Morgan fingerprint density at radius 3 is 2.96 bits per heavy atom. The molecule has 0 radical (unpaired) electrons. The zero-order valence-corrected chi connectivity index (χ0v) is 14.4. The van der Waals surface area contributed by atoms with Gasteiger partial charge in [0.05, 0.1) is 6.54 Å². The largest absolute Gasteiger partial charge is 0.356 e. The van der Waals surface area contributed by atoms with Gasteiger partial charge in [-0.3, -0.25) is 9.69 Å². The molecule has 2 aromatic rings. The monoisotopic (exact) mass is 348 g/mol. The molecular weight excluding hydrogens is 328 g/mol. The highest BCUT2D eigenvalue weighted by Gasteiger charge is 2.22. The molecule has 1 unspecified atom stereocenters. The van der Waals surface area contributed by atoms with E-state index in [0.717, 1.165) is 38.0 Å². The van der Waals surface area contributed by atoms with E-state index in [1.165, 1.54) is 0 Å². The second-order valence-corrected chi connectivity index (χ2v) is 6.64. The Hall–Kier alpha value is -1.92. The fourth-order valence-corrected chi connectivity index (χ4v) is 3.10. The summed E-state index contributed by atoms with van der Waals surface area (Å²) in [7, 11) is 0. The highest BCUT2D eigenvalue weighted by atomic mass is 35.5. The third-order valence-electron chi connectivity index (χ3n) is 4.17. The molecule has 0 spiro atoms. The van der Waals surface area contributed by atoms with Crippen molar-refractivity contribution in [1.82, 2.24) is 20.4 Å². The lowest BCUT2D eigenvalue weighted by molar-refractivity contribution is -0.119. The third-order valence-corrected chi connectivity index (χ3v) is 4.42. The Kier molecular flexibility index (Phi) is 5.48. The van der Waals surface area contributed by atoms with E-state index in [0.29, 0.717) is 29.2 Å². The highest BCUT2D eigenvalue weighted by Crippen LogP contribution is 2.21. The van der Waals surface area contributed by atoms with E-state index in [4.69, 9.17) is 16.1 Å². The maximum atomic E-state index is 11.1. The molecule has 1 fully saturated rings. The van der Waals surface area contributed by atoms with Crippen LogP contribution in [-0.2, 0) is 11.3 Å². The van der Waals surface area contributed by atoms with Gasteiger partial charge in [-0.2, -0.15) is 4.98 Å². The number of nitrogens with one attached hydrogen (secondary N) is 1. The molecule has 2 heterocycles. The normalized spacial score (nSPS) is 18.5. The minimum atomic E-state index is 0.0247. The van der Waals surface area contributed by atoms with Gasteiger partial charge in [0.25, 0.3) is 0 Å². The van der Waals surface area contributed by atoms with Gasteiger partial charge in [0.15, 0.2) is 0 Å². The first-order chi connectivity index (χ1) is 11.6. The van der Waals surface area contributed by atoms with Crippen molar-refractivity contribution in [2.75, 3.05) is 19.6 Å². The molecule has 0 bridgehead atoms. The summed E-state index contributed by atoms with van der Waals surface area (Å²) in [5.74, 6) is 1.69. The minimum absolute atomic E-state index is 0.0247. The predicted molar refractivity (Wildman–Crippen MR) is 91.4 cm³/mol. The Bertz CT molecular complexity index is 686. The van der Waals surface area contributed by atoms with Crippen LogP contribution < -0.4 is 5.32 Å². The second kappa shape index (κ2) is 7.77. The van der Waals surface area contributed by atoms with Crippen molar-refractivity contribution in [2.24, 2.45) is 5.92 Å². The summed E-state index contributed by atoms with van der Waals surface area (Å²) < 4.78 is 5.38. The van der Waals surface area contributed by atoms with E-state index >= 15 is 0 Å². The van der Waals surface area contributed by atoms with Crippen molar-refractivity contribution in [3.05, 3.63) is 35.2 Å². The molecule has 0 aliphatic carbocycles. The van der Waals surface area contributed by atoms with Crippen LogP contribution in [0.2, 0.25) is 5.02 Å². The molecule has 7 heteroatoms. The molecule has 24 heavy (non-hydrogen) atoms. The summed E-state index contributed by atoms with van der Waals surface area (Å²) in [5, 5.41) is 7.63. The van der Waals surface area contributed by atoms with Crippen molar-refractivity contribution in [3.8, 4) is 11.4 Å². The molecule has 1 aromatic heterocycles. The van der Waals surface area contributed by atoms with Crippen LogP contribution in [0.4, 0.5) is 0 Å². The molecule has 1 amide bonds. The topological polar surface area (TPSA) is 71.3 Å². The van der Waals surface area contributed by atoms with Gasteiger partial charge in [0, 0.05) is 30.6 Å². The summed E-state index contributed by atoms with van der Waals surface area (Å²) in [6, 6.07) is 7.37. The molecule has 0 saturated carbocycles. The number of hydrogen-bond acceptors (Lipinski definition) is 5. The van der Waals surface area contributed by atoms with Crippen molar-refractivity contribution in [3.63, 3.8) is 0 Å². The summed E-state index contributed by atoms with van der Waals surface area (Å²) in [4.78, 5) is 17.8. The van der Waals surface area contributed by atoms with Crippen molar-refractivity contribution >= 4 is 17.5 Å². The average molecular weight is 349 g/mol. The van der Waals surface area contributed by atoms with Gasteiger partial charge in [-0.1, -0.05) is 16.8 Å². The van der Waals surface area contributed by atoms with Gasteiger partial charge in [-0.15, -0.1) is 0 Å². The average Bonchev–Trinajstić information content (AvgIpc) is 3.02. The minimum Gasteiger partial charge on any atom is -0.356 e. The Labute approximate surface area is 146 Å². The summed E-state index contributed by atoms with van der Waals surface area (Å²) in [6.07, 6.45) is 2.25. The number of rotatable bonds is 5. The van der Waals surface area contributed by atoms with Crippen LogP contribution in [0.5, 0.6) is 0 Å². The van der Waals surface area contributed by atoms with E-state index in [1.54, 1.807) is 6.92 Å². The molecule has 1 aliphatic rings. The van der Waals surface area contributed by atoms with E-state index in [2.05, 4.69) is 20.4 Å². The third kappa shape index (κ3) is 4.55. The van der Waals surface area contributed by atoms with Crippen LogP contribution in [0.1, 0.15) is 25.7 Å². The maximum absolute atomic E-state index is 11.1. The molecule has 1 saturated heterocycles. The van der Waals surface area contributed by atoms with Gasteiger partial charge in [0.1, 0.15) is 0 Å². The van der Waals surface area contributed by atoms with Gasteiger partial charge in [-0.25, -0.2) is 0 Å². The van der Waals surface area contributed by atoms with Crippen LogP contribution in [0.25, 0.3) is 11.4 Å². The number of piperidine rings is 1. The lowest BCUT2D eigenvalue weighted by atomic mass is 9.98. The number of aromatic nitrogens is 2. The van der Waals surface area contributed by atoms with Crippen molar-refractivity contribution in [2.45, 2.75) is 26.3 Å². The van der Waals surface area contributed by atoms with Crippen LogP contribution in [0.3, 0.4) is 0 Å². The van der Waals surface area contributed by atoms with Gasteiger partial charge in [0.2, 0.25) is 17.6 Å². The number of likely N-dealkylation sites (tertiary alicyclic amines) is 1. The molecular formula is C17H21ClN4O2. The predicted octanol–water partition coefficient (Wildman–Crippen LogP) is 2.74. The molecule has 1 aliphatic heterocycles. The van der Waals surface area contributed by atoms with E-state index in [-0.39, 0.29) is 5.91 Å². The van der Waals surface area contributed by atoms with Crippen molar-refractivity contribution < 1.29 is 9.32 Å². The fraction of sp³-hybridized carbons (Fsp3) is 0.471. The first-order valence-corrected chi connectivity index (χ1v) is 8.53. The number of carbonyl (C=O) groups excluding carboxylic acids is 1. The van der Waals surface area contributed by atoms with E-state index < -0.39 is 0 Å². The summed E-state index contributed by atoms with van der Waals surface area (Å²) in [6.45, 7) is 4.86. The molecule has 3 rings (SSSR count). The number of nitrogens with zero attached hydrogens (tertiary/aromatic N) is 3. The van der Waals surface area contributed by atoms with Gasteiger partial charge >= 0.3 is 0 Å². The van der Waals surface area contributed by atoms with Gasteiger partial charge in [-0.05, 0) is 49.6 Å². The Balaban J connectivity index is 1.58. The van der Waals surface area contributed by atoms with Crippen LogP contribution in [-0.4, -0.2) is 40.6 Å².